The quantitative estimate of drug-likeness (QED) is 0.0268. The highest BCUT2D eigenvalue weighted by Crippen LogP contribution is 2.34. The summed E-state index contributed by atoms with van der Waals surface area (Å²) >= 11 is 5.34. The number of likely N-dealkylation sites (tertiary alicyclic amines) is 2. The van der Waals surface area contributed by atoms with Crippen LogP contribution in [0.2, 0.25) is 51.4 Å². The topological polar surface area (TPSA) is 118 Å². The first-order chi connectivity index (χ1) is 31.9. The van der Waals surface area contributed by atoms with Crippen molar-refractivity contribution >= 4 is 94.7 Å². The van der Waals surface area contributed by atoms with Crippen molar-refractivity contribution in [3.63, 3.8) is 0 Å². The van der Waals surface area contributed by atoms with Crippen LogP contribution in [0.3, 0.4) is 0 Å². The first-order valence-corrected chi connectivity index (χ1v) is 33.8. The number of nitrogens with zero attached hydrogens (tertiary/aromatic N) is 12. The van der Waals surface area contributed by atoms with Gasteiger partial charge in [-0.15, -0.1) is 6.42 Å². The van der Waals surface area contributed by atoms with Gasteiger partial charge in [-0.05, 0) is 134 Å². The second-order valence-electron chi connectivity index (χ2n) is 21.0. The van der Waals surface area contributed by atoms with Crippen LogP contribution in [-0.2, 0) is 22.6 Å². The largest absolute Gasteiger partial charge is 0.361 e. The third-order valence-corrected chi connectivity index (χ3v) is 18.0. The minimum Gasteiger partial charge on any atom is -0.361 e. The third-order valence-electron chi connectivity index (χ3n) is 12.1. The van der Waals surface area contributed by atoms with Crippen molar-refractivity contribution < 1.29 is 9.47 Å². The first-order valence-electron chi connectivity index (χ1n) is 23.8. The van der Waals surface area contributed by atoms with E-state index in [1.807, 2.05) is 36.8 Å². The van der Waals surface area contributed by atoms with E-state index >= 15 is 0 Å². The van der Waals surface area contributed by atoms with Gasteiger partial charge in [0.25, 0.3) is 0 Å². The van der Waals surface area contributed by atoms with Crippen molar-refractivity contribution in [1.29, 1.82) is 0 Å². The second kappa shape index (κ2) is 23.1. The lowest BCUT2D eigenvalue weighted by Crippen LogP contribution is -2.33. The Morgan fingerprint density at radius 1 is 0.731 bits per heavy atom. The molecule has 8 heterocycles. The Kier molecular flexibility index (Phi) is 17.7. The highest BCUT2D eigenvalue weighted by Gasteiger charge is 2.25. The number of hydrogen-bond donors (Lipinski definition) is 0. The van der Waals surface area contributed by atoms with Gasteiger partial charge in [-0.1, -0.05) is 59.0 Å². The molecule has 0 radical (unpaired) electrons. The van der Waals surface area contributed by atoms with Gasteiger partial charge in [-0.2, -0.15) is 8.75 Å². The number of rotatable bonds is 18. The fraction of sp³-hybridized carbons (Fsp3) is 0.583. The minimum absolute atomic E-state index is 0.400. The molecule has 2 aliphatic heterocycles. The summed E-state index contributed by atoms with van der Waals surface area (Å²) in [6, 6.07) is 6.64. The summed E-state index contributed by atoms with van der Waals surface area (Å²) in [5.74, 6) is 5.80. The number of piperidine rings is 2. The normalized spacial score (nSPS) is 17.5. The van der Waals surface area contributed by atoms with Gasteiger partial charge in [-0.3, -0.25) is 28.4 Å². The Morgan fingerprint density at radius 3 is 1.66 bits per heavy atom. The number of aromatic nitrogens is 8. The average Bonchev–Trinajstić information content (AvgIpc) is 4.08. The molecule has 0 saturated carbocycles. The molecule has 2 atom stereocenters. The van der Waals surface area contributed by atoms with E-state index in [9.17, 15) is 0 Å². The molecule has 362 valence electrons. The van der Waals surface area contributed by atoms with Crippen LogP contribution in [0.4, 0.5) is 21.6 Å². The van der Waals surface area contributed by atoms with E-state index in [4.69, 9.17) is 34.6 Å². The standard InChI is InChI=1S/C25H36N6OSSi.C23H35IN6OSSi/c1-7-22-14-26-24-25(27-20(3)16-30(22)24)31(18-32-11-12-34(4,5)6)23-13-21(28-33-23)17-29-10-8-9-19(2)15-29;1-17-7-6-8-28(13-17)15-19-11-21(32-27-19)30(16-31-9-10-33(3,4)5)23-22-25-12-20(24)29(22)14-18(2)26-23/h1,13-14,16,19H,8-12,15,17-18H2,2-6H3;11-12,14,17H,6-10,13,15-16H2,1-5H3. The van der Waals surface area contributed by atoms with Gasteiger partial charge in [0.15, 0.2) is 22.9 Å². The van der Waals surface area contributed by atoms with Crippen molar-refractivity contribution in [1.82, 2.24) is 47.3 Å². The van der Waals surface area contributed by atoms with Crippen LogP contribution in [-0.4, -0.2) is 116 Å². The summed E-state index contributed by atoms with van der Waals surface area (Å²) in [4.78, 5) is 28.3. The summed E-state index contributed by atoms with van der Waals surface area (Å²) in [6.07, 6.45) is 18.5. The maximum atomic E-state index is 6.20. The minimum atomic E-state index is -1.18. The molecule has 2 fully saturated rings. The van der Waals surface area contributed by atoms with Crippen LogP contribution >= 0.6 is 45.7 Å². The SMILES string of the molecule is C#Cc1cnc2c(N(COCC[Si](C)(C)C)c3cc(CN4CCCC(C)C4)ns3)nc(C)cn12.Cc1cn2c(I)cnc2c(N(COCC[Si](C)(C)C)c2cc(CN3CCCC(C)C3)ns2)n1. The first kappa shape index (κ1) is 51.5. The number of terminal acetylenes is 1. The Hall–Kier alpha value is -3.34. The Balaban J connectivity index is 0.000000199. The second-order valence-corrected chi connectivity index (χ2v) is 34.9. The number of hydrogen-bond acceptors (Lipinski definition) is 14. The van der Waals surface area contributed by atoms with Gasteiger partial charge in [0.05, 0.1) is 35.2 Å². The molecule has 67 heavy (non-hydrogen) atoms. The Morgan fingerprint density at radius 2 is 1.19 bits per heavy atom. The average molecular weight is 1100 g/mol. The predicted octanol–water partition coefficient (Wildman–Crippen LogP) is 10.9. The molecule has 6 aromatic rings. The molecule has 14 nitrogen and oxygen atoms in total. The molecule has 2 unspecified atom stereocenters. The Bertz CT molecular complexity index is 2590. The van der Waals surface area contributed by atoms with Crippen LogP contribution in [0, 0.1) is 41.7 Å². The highest BCUT2D eigenvalue weighted by atomic mass is 127. The number of aryl methyl sites for hydroxylation is 2. The molecule has 0 N–H and O–H groups in total. The molecule has 0 aliphatic carbocycles. The summed E-state index contributed by atoms with van der Waals surface area (Å²) in [5, 5.41) is 2.07. The van der Waals surface area contributed by atoms with Gasteiger partial charge in [0.2, 0.25) is 0 Å². The molecule has 0 amide bonds. The lowest BCUT2D eigenvalue weighted by molar-refractivity contribution is 0.153. The maximum Gasteiger partial charge on any atom is 0.181 e. The fourth-order valence-electron chi connectivity index (χ4n) is 8.47. The van der Waals surface area contributed by atoms with Crippen LogP contribution in [0.5, 0.6) is 0 Å². The zero-order valence-electron chi connectivity index (χ0n) is 41.4. The van der Waals surface area contributed by atoms with E-state index in [1.54, 1.807) is 6.20 Å². The van der Waals surface area contributed by atoms with E-state index in [0.29, 0.717) is 19.2 Å². The molecule has 8 rings (SSSR count). The Labute approximate surface area is 422 Å². The molecule has 0 aromatic carbocycles. The van der Waals surface area contributed by atoms with Gasteiger partial charge in [-0.25, -0.2) is 19.9 Å². The number of fused-ring (bicyclic) bond motifs is 2. The lowest BCUT2D eigenvalue weighted by Gasteiger charge is -2.30. The van der Waals surface area contributed by atoms with Crippen LogP contribution < -0.4 is 9.80 Å². The molecule has 0 bridgehead atoms. The molecular formula is C48H71IN12O2S2Si2. The van der Waals surface area contributed by atoms with Crippen molar-refractivity contribution in [2.75, 3.05) is 62.7 Å². The van der Waals surface area contributed by atoms with Crippen molar-refractivity contribution in [3.8, 4) is 12.3 Å². The van der Waals surface area contributed by atoms with E-state index in [1.165, 1.54) is 48.7 Å². The molecule has 2 saturated heterocycles. The van der Waals surface area contributed by atoms with Crippen molar-refractivity contribution in [3.05, 3.63) is 69.1 Å². The van der Waals surface area contributed by atoms with Crippen molar-refractivity contribution in [2.45, 2.75) is 118 Å². The van der Waals surface area contributed by atoms with Crippen LogP contribution in [0.15, 0.2) is 36.9 Å². The van der Waals surface area contributed by atoms with Crippen LogP contribution in [0.1, 0.15) is 68.0 Å². The monoisotopic (exact) mass is 1090 g/mol. The van der Waals surface area contributed by atoms with Crippen LogP contribution in [0.25, 0.3) is 11.3 Å². The number of imidazole rings is 2. The van der Waals surface area contributed by atoms with E-state index in [2.05, 4.69) is 128 Å². The predicted molar refractivity (Wildman–Crippen MR) is 290 cm³/mol. The molecule has 19 heteroatoms. The number of ether oxygens (including phenoxy) is 2. The molecular weight excluding hydrogens is 1020 g/mol. The van der Waals surface area contributed by atoms with Gasteiger partial charge < -0.3 is 9.47 Å². The lowest BCUT2D eigenvalue weighted by atomic mass is 10.0. The summed E-state index contributed by atoms with van der Waals surface area (Å²) in [7, 11) is -2.34. The van der Waals surface area contributed by atoms with Crippen molar-refractivity contribution in [2.24, 2.45) is 11.8 Å². The zero-order valence-corrected chi connectivity index (χ0v) is 47.2. The zero-order chi connectivity index (χ0) is 47.9. The number of halogens is 1. The summed E-state index contributed by atoms with van der Waals surface area (Å²) in [6.45, 7) is 31.6. The summed E-state index contributed by atoms with van der Waals surface area (Å²) < 4.78 is 27.1. The fourth-order valence-corrected chi connectivity index (χ4v) is 12.0. The van der Waals surface area contributed by atoms with Gasteiger partial charge in [0.1, 0.15) is 32.9 Å². The smallest absolute Gasteiger partial charge is 0.181 e. The van der Waals surface area contributed by atoms with E-state index in [0.717, 1.165) is 136 Å². The molecule has 2 aliphatic rings. The van der Waals surface area contributed by atoms with E-state index < -0.39 is 16.1 Å². The highest BCUT2D eigenvalue weighted by molar-refractivity contribution is 14.1. The third kappa shape index (κ3) is 14.4. The van der Waals surface area contributed by atoms with E-state index in [-0.39, 0.29) is 0 Å². The van der Waals surface area contributed by atoms with Gasteiger partial charge in [0, 0.05) is 67.9 Å². The number of anilines is 4. The molecule has 0 spiro atoms. The van der Waals surface area contributed by atoms with Gasteiger partial charge >= 0.3 is 0 Å². The maximum absolute atomic E-state index is 6.20. The summed E-state index contributed by atoms with van der Waals surface area (Å²) in [5.41, 5.74) is 6.33. The molecule has 6 aromatic heterocycles.